The van der Waals surface area contributed by atoms with Gasteiger partial charge in [-0.05, 0) is 30.9 Å². The lowest BCUT2D eigenvalue weighted by Crippen LogP contribution is -2.18. The Bertz CT molecular complexity index is 967. The first-order valence-electron chi connectivity index (χ1n) is 7.49. The Kier molecular flexibility index (Phi) is 3.76. The summed E-state index contributed by atoms with van der Waals surface area (Å²) in [6.07, 6.45) is 2.84. The van der Waals surface area contributed by atoms with Crippen LogP contribution < -0.4 is 10.1 Å². The van der Waals surface area contributed by atoms with Crippen LogP contribution in [0.2, 0.25) is 5.15 Å². The van der Waals surface area contributed by atoms with Crippen LogP contribution in [0.5, 0.6) is 5.88 Å². The number of anilines is 1. The maximum atomic E-state index is 13.2. The minimum absolute atomic E-state index is 0.0521. The number of benzene rings is 1. The van der Waals surface area contributed by atoms with Crippen LogP contribution in [0.1, 0.15) is 24.3 Å². The lowest BCUT2D eigenvalue weighted by Gasteiger charge is -2.08. The van der Waals surface area contributed by atoms with E-state index in [9.17, 15) is 13.6 Å². The predicted octanol–water partition coefficient (Wildman–Crippen LogP) is 4.15. The molecule has 4 rings (SSSR count). The highest BCUT2D eigenvalue weighted by Crippen LogP contribution is 2.42. The quantitative estimate of drug-likeness (QED) is 0.709. The van der Waals surface area contributed by atoms with Crippen molar-refractivity contribution in [2.75, 3.05) is 5.32 Å². The summed E-state index contributed by atoms with van der Waals surface area (Å²) in [4.78, 5) is 16.3. The van der Waals surface area contributed by atoms with Crippen LogP contribution in [0.15, 0.2) is 30.5 Å². The Hall–Kier alpha value is -2.74. The fourth-order valence-electron chi connectivity index (χ4n) is 2.54. The number of amides is 1. The second-order valence-corrected chi connectivity index (χ2v) is 6.09. The van der Waals surface area contributed by atoms with Gasteiger partial charge in [-0.2, -0.15) is 9.61 Å². The monoisotopic (exact) mass is 364 g/mol. The Morgan fingerprint density at radius 1 is 1.24 bits per heavy atom. The lowest BCUT2D eigenvalue weighted by molar-refractivity contribution is 0.212. The summed E-state index contributed by atoms with van der Waals surface area (Å²) in [6, 6.07) is 3.98. The van der Waals surface area contributed by atoms with E-state index in [2.05, 4.69) is 15.4 Å². The molecule has 0 unspecified atom stereocenters. The normalized spacial score (nSPS) is 13.9. The largest absolute Gasteiger partial charge is 0.418 e. The van der Waals surface area contributed by atoms with Crippen molar-refractivity contribution in [1.82, 2.24) is 14.6 Å². The summed E-state index contributed by atoms with van der Waals surface area (Å²) in [5.41, 5.74) is 1.40. The maximum absolute atomic E-state index is 13.2. The number of ether oxygens (including phenoxy) is 1. The number of fused-ring (bicyclic) bond motifs is 1. The second-order valence-electron chi connectivity index (χ2n) is 5.70. The number of rotatable bonds is 3. The van der Waals surface area contributed by atoms with Crippen molar-refractivity contribution in [1.29, 1.82) is 0 Å². The number of carbonyl (C=O) groups excluding carboxylic acids is 1. The van der Waals surface area contributed by atoms with Crippen molar-refractivity contribution in [3.63, 3.8) is 0 Å². The van der Waals surface area contributed by atoms with Crippen LogP contribution >= 0.6 is 11.6 Å². The lowest BCUT2D eigenvalue weighted by atomic mass is 10.2. The van der Waals surface area contributed by atoms with Gasteiger partial charge in [-0.1, -0.05) is 11.6 Å². The molecule has 2 heterocycles. The Labute approximate surface area is 145 Å². The second kappa shape index (κ2) is 5.96. The smallest absolute Gasteiger partial charge is 0.391 e. The molecular formula is C16H11ClF2N4O2. The van der Waals surface area contributed by atoms with Gasteiger partial charge in [-0.15, -0.1) is 0 Å². The number of hydrogen-bond acceptors (Lipinski definition) is 4. The first kappa shape index (κ1) is 15.8. The van der Waals surface area contributed by atoms with E-state index in [1.807, 2.05) is 0 Å². The van der Waals surface area contributed by atoms with E-state index in [1.54, 1.807) is 6.20 Å². The fraction of sp³-hybridized carbons (Fsp3) is 0.188. The van der Waals surface area contributed by atoms with Crippen molar-refractivity contribution < 1.29 is 18.3 Å². The molecule has 0 bridgehead atoms. The molecule has 2 aromatic heterocycles. The zero-order valence-corrected chi connectivity index (χ0v) is 13.4. The van der Waals surface area contributed by atoms with E-state index in [1.165, 1.54) is 10.6 Å². The molecule has 1 fully saturated rings. The third-order valence-corrected chi connectivity index (χ3v) is 3.95. The molecule has 0 aliphatic heterocycles. The van der Waals surface area contributed by atoms with Gasteiger partial charge in [0.15, 0.2) is 5.65 Å². The summed E-state index contributed by atoms with van der Waals surface area (Å²) >= 11 is 6.00. The van der Waals surface area contributed by atoms with Crippen molar-refractivity contribution in [2.24, 2.45) is 0 Å². The van der Waals surface area contributed by atoms with Crippen LogP contribution in [0.4, 0.5) is 19.3 Å². The molecule has 0 atom stereocenters. The summed E-state index contributed by atoms with van der Waals surface area (Å²) in [6.45, 7) is 0. The van der Waals surface area contributed by atoms with E-state index in [0.29, 0.717) is 17.6 Å². The maximum Gasteiger partial charge on any atom is 0.418 e. The highest BCUT2D eigenvalue weighted by molar-refractivity contribution is 6.29. The highest BCUT2D eigenvalue weighted by atomic mass is 35.5. The molecule has 128 valence electrons. The molecule has 1 aliphatic carbocycles. The molecule has 0 radical (unpaired) electrons. The molecule has 1 amide bonds. The van der Waals surface area contributed by atoms with E-state index in [4.69, 9.17) is 16.3 Å². The standard InChI is InChI=1S/C16H11ClF2N4O2/c17-13-6-14(23-15(22-13)12(7-20-23)8-1-2-8)25-16(24)21-11-4-9(18)3-10(19)5-11/h3-8H,1-2H2,(H,21,24). The number of nitrogens with one attached hydrogen (secondary N) is 1. The molecular weight excluding hydrogens is 354 g/mol. The zero-order chi connectivity index (χ0) is 17.6. The number of aromatic nitrogens is 3. The Morgan fingerprint density at radius 3 is 2.64 bits per heavy atom. The molecule has 0 spiro atoms. The number of carbonyl (C=O) groups is 1. The van der Waals surface area contributed by atoms with Crippen LogP contribution in [-0.4, -0.2) is 20.7 Å². The van der Waals surface area contributed by atoms with Gasteiger partial charge in [0.1, 0.15) is 16.8 Å². The van der Waals surface area contributed by atoms with Gasteiger partial charge in [0.2, 0.25) is 5.88 Å². The molecule has 9 heteroatoms. The Morgan fingerprint density at radius 2 is 1.96 bits per heavy atom. The molecule has 1 N–H and O–H groups in total. The topological polar surface area (TPSA) is 68.5 Å². The van der Waals surface area contributed by atoms with Gasteiger partial charge in [0.05, 0.1) is 6.20 Å². The van der Waals surface area contributed by atoms with Crippen LogP contribution in [0.3, 0.4) is 0 Å². The van der Waals surface area contributed by atoms with Gasteiger partial charge >= 0.3 is 6.09 Å². The number of halogens is 3. The van der Waals surface area contributed by atoms with Crippen LogP contribution in [0.25, 0.3) is 5.65 Å². The summed E-state index contributed by atoms with van der Waals surface area (Å²) in [7, 11) is 0. The Balaban J connectivity index is 1.60. The molecule has 6 nitrogen and oxygen atoms in total. The minimum atomic E-state index is -0.933. The molecule has 1 aromatic carbocycles. The van der Waals surface area contributed by atoms with E-state index >= 15 is 0 Å². The third-order valence-electron chi connectivity index (χ3n) is 3.76. The number of hydrogen-bond donors (Lipinski definition) is 1. The van der Waals surface area contributed by atoms with Gasteiger partial charge < -0.3 is 4.74 Å². The fourth-order valence-corrected chi connectivity index (χ4v) is 2.72. The van der Waals surface area contributed by atoms with E-state index in [0.717, 1.165) is 30.5 Å². The van der Waals surface area contributed by atoms with Crippen molar-refractivity contribution in [3.8, 4) is 5.88 Å². The van der Waals surface area contributed by atoms with Crippen LogP contribution in [0, 0.1) is 11.6 Å². The van der Waals surface area contributed by atoms with Crippen molar-refractivity contribution in [2.45, 2.75) is 18.8 Å². The molecule has 3 aromatic rings. The SMILES string of the molecule is O=C(Nc1cc(F)cc(F)c1)Oc1cc(Cl)nc2c(C3CC3)cnn12. The molecule has 1 saturated carbocycles. The van der Waals surface area contributed by atoms with Crippen molar-refractivity contribution in [3.05, 3.63) is 52.8 Å². The summed E-state index contributed by atoms with van der Waals surface area (Å²) < 4.78 is 32.9. The van der Waals surface area contributed by atoms with E-state index in [-0.39, 0.29) is 16.7 Å². The molecule has 25 heavy (non-hydrogen) atoms. The zero-order valence-electron chi connectivity index (χ0n) is 12.7. The first-order chi connectivity index (χ1) is 12.0. The third kappa shape index (κ3) is 3.25. The van der Waals surface area contributed by atoms with Crippen LogP contribution in [-0.2, 0) is 0 Å². The van der Waals surface area contributed by atoms with Gasteiger partial charge in [-0.3, -0.25) is 5.32 Å². The van der Waals surface area contributed by atoms with Gasteiger partial charge in [0, 0.05) is 23.4 Å². The van der Waals surface area contributed by atoms with Crippen molar-refractivity contribution >= 4 is 29.0 Å². The van der Waals surface area contributed by atoms with Gasteiger partial charge in [0.25, 0.3) is 0 Å². The molecule has 1 aliphatic rings. The summed E-state index contributed by atoms with van der Waals surface area (Å²) in [5, 5.41) is 6.58. The number of nitrogens with zero attached hydrogens (tertiary/aromatic N) is 3. The highest BCUT2D eigenvalue weighted by Gasteiger charge is 2.28. The minimum Gasteiger partial charge on any atom is -0.391 e. The first-order valence-corrected chi connectivity index (χ1v) is 7.86. The van der Waals surface area contributed by atoms with Gasteiger partial charge in [-0.25, -0.2) is 18.6 Å². The molecule has 0 saturated heterocycles. The average molecular weight is 365 g/mol. The predicted molar refractivity (Wildman–Crippen MR) is 86.0 cm³/mol. The summed E-state index contributed by atoms with van der Waals surface area (Å²) in [5.74, 6) is -1.19. The average Bonchev–Trinajstić information content (AvgIpc) is 3.26. The van der Waals surface area contributed by atoms with E-state index < -0.39 is 17.7 Å².